The van der Waals surface area contributed by atoms with E-state index in [1.54, 1.807) is 11.8 Å². The summed E-state index contributed by atoms with van der Waals surface area (Å²) in [5.74, 6) is 0.652. The Bertz CT molecular complexity index is 1840. The predicted octanol–water partition coefficient (Wildman–Crippen LogP) is 7.74. The van der Waals surface area contributed by atoms with Gasteiger partial charge in [0.25, 0.3) is 0 Å². The summed E-state index contributed by atoms with van der Waals surface area (Å²) in [6.45, 7) is 1.67. The molecule has 0 bridgehead atoms. The minimum atomic E-state index is -1.36. The van der Waals surface area contributed by atoms with Crippen LogP contribution in [0.3, 0.4) is 0 Å². The molecule has 0 aromatic heterocycles. The average Bonchev–Trinajstić information content (AvgIpc) is 3.58. The number of thioether (sulfide) groups is 1. The van der Waals surface area contributed by atoms with Crippen molar-refractivity contribution in [2.75, 3.05) is 18.6 Å². The zero-order valence-corrected chi connectivity index (χ0v) is 33.0. The van der Waals surface area contributed by atoms with Gasteiger partial charge in [-0.1, -0.05) is 152 Å². The van der Waals surface area contributed by atoms with Crippen molar-refractivity contribution in [1.82, 2.24) is 0 Å². The molecule has 7 rings (SSSR count). The molecule has 2 fully saturated rings. The standard InChI is InChI=1S/C47H52O9S/c1-57-33-40-42(51-29-36-21-11-4-12-22-36)45(53-31-38-25-15-6-16-26-38)47(55-40)56-43-41(50-28-35-19-9-3-10-20-35)39(32-49-27-34-17-7-2-8-18-34)54-46(48)44(43)52-30-37-23-13-5-14-24-37/h2-26,39-48H,27-33H2,1H3/t39-,40-,41-,42+,43+,44+,45-,46+,47-/m1/s1. The lowest BCUT2D eigenvalue weighted by atomic mass is 9.97. The number of rotatable bonds is 20. The molecule has 0 amide bonds. The Balaban J connectivity index is 1.20. The summed E-state index contributed by atoms with van der Waals surface area (Å²) in [5, 5.41) is 11.8. The van der Waals surface area contributed by atoms with Crippen LogP contribution >= 0.6 is 11.8 Å². The normalized spacial score (nSPS) is 26.0. The quantitative estimate of drug-likeness (QED) is 0.0845. The van der Waals surface area contributed by atoms with Gasteiger partial charge >= 0.3 is 0 Å². The predicted molar refractivity (Wildman–Crippen MR) is 219 cm³/mol. The summed E-state index contributed by atoms with van der Waals surface area (Å²) >= 11 is 1.67. The number of ether oxygens (including phenoxy) is 8. The van der Waals surface area contributed by atoms with Crippen molar-refractivity contribution in [3.63, 3.8) is 0 Å². The van der Waals surface area contributed by atoms with Crippen molar-refractivity contribution in [1.29, 1.82) is 0 Å². The van der Waals surface area contributed by atoms with Gasteiger partial charge in [-0.3, -0.25) is 0 Å². The highest BCUT2D eigenvalue weighted by atomic mass is 32.2. The molecule has 10 heteroatoms. The van der Waals surface area contributed by atoms with Crippen LogP contribution < -0.4 is 0 Å². The minimum absolute atomic E-state index is 0.133. The largest absolute Gasteiger partial charge is 0.374 e. The van der Waals surface area contributed by atoms with E-state index in [1.165, 1.54) is 0 Å². The first kappa shape index (κ1) is 41.3. The van der Waals surface area contributed by atoms with Gasteiger partial charge in [-0.2, -0.15) is 11.8 Å². The molecule has 0 saturated carbocycles. The third-order valence-corrected chi connectivity index (χ3v) is 10.7. The molecule has 9 atom stereocenters. The third-order valence-electron chi connectivity index (χ3n) is 10.0. The fourth-order valence-electron chi connectivity index (χ4n) is 7.13. The molecule has 0 aliphatic carbocycles. The minimum Gasteiger partial charge on any atom is -0.374 e. The Morgan fingerprint density at radius 2 is 0.842 bits per heavy atom. The third kappa shape index (κ3) is 11.8. The molecule has 57 heavy (non-hydrogen) atoms. The first-order valence-corrected chi connectivity index (χ1v) is 20.9. The molecule has 1 N–H and O–H groups in total. The Morgan fingerprint density at radius 3 is 1.28 bits per heavy atom. The lowest BCUT2D eigenvalue weighted by molar-refractivity contribution is -0.339. The van der Waals surface area contributed by atoms with Gasteiger partial charge in [0.2, 0.25) is 0 Å². The van der Waals surface area contributed by atoms with Crippen molar-refractivity contribution in [3.05, 3.63) is 179 Å². The first-order chi connectivity index (χ1) is 28.1. The van der Waals surface area contributed by atoms with Crippen LogP contribution in [0, 0.1) is 0 Å². The molecular formula is C47H52O9S. The zero-order valence-electron chi connectivity index (χ0n) is 32.2. The van der Waals surface area contributed by atoms with Gasteiger partial charge in [0.15, 0.2) is 12.6 Å². The maximum Gasteiger partial charge on any atom is 0.187 e. The highest BCUT2D eigenvalue weighted by Gasteiger charge is 2.53. The van der Waals surface area contributed by atoms with Crippen LogP contribution in [-0.2, 0) is 70.9 Å². The van der Waals surface area contributed by atoms with Crippen LogP contribution in [0.25, 0.3) is 0 Å². The molecule has 5 aromatic carbocycles. The number of hydrogen-bond donors (Lipinski definition) is 1. The zero-order chi connectivity index (χ0) is 39.1. The molecule has 2 aliphatic heterocycles. The van der Waals surface area contributed by atoms with Crippen LogP contribution in [-0.4, -0.2) is 79.0 Å². The maximum atomic E-state index is 11.8. The Labute approximate surface area is 340 Å². The van der Waals surface area contributed by atoms with Gasteiger partial charge < -0.3 is 43.0 Å². The van der Waals surface area contributed by atoms with Crippen molar-refractivity contribution >= 4 is 11.8 Å². The summed E-state index contributed by atoms with van der Waals surface area (Å²) in [6, 6.07) is 49.8. The molecule has 0 spiro atoms. The fourth-order valence-corrected chi connectivity index (χ4v) is 7.73. The van der Waals surface area contributed by atoms with E-state index in [4.69, 9.17) is 37.9 Å². The Morgan fingerprint density at radius 1 is 0.456 bits per heavy atom. The van der Waals surface area contributed by atoms with Crippen LogP contribution in [0.4, 0.5) is 0 Å². The lowest BCUT2D eigenvalue weighted by Crippen LogP contribution is -2.62. The second kappa shape index (κ2) is 21.7. The Hall–Kier alpha value is -3.91. The van der Waals surface area contributed by atoms with E-state index < -0.39 is 49.2 Å². The van der Waals surface area contributed by atoms with E-state index in [9.17, 15) is 5.11 Å². The lowest BCUT2D eigenvalue weighted by Gasteiger charge is -2.45. The second-order valence-electron chi connectivity index (χ2n) is 14.2. The number of aliphatic hydroxyl groups is 1. The molecule has 300 valence electrons. The van der Waals surface area contributed by atoms with E-state index in [0.29, 0.717) is 25.6 Å². The average molecular weight is 793 g/mol. The van der Waals surface area contributed by atoms with E-state index in [-0.39, 0.29) is 25.9 Å². The smallest absolute Gasteiger partial charge is 0.187 e. The van der Waals surface area contributed by atoms with Gasteiger partial charge in [-0.05, 0) is 34.1 Å². The SMILES string of the molecule is CSC[C@H]1O[C@H](O[C@@H]2[C@H](OCc3ccccc3)[C@@H](O)O[C@H](COCc3ccccc3)[C@H]2OCc2ccccc2)[C@H](OCc2ccccc2)[C@H]1OCc1ccccc1. The maximum absolute atomic E-state index is 11.8. The molecule has 9 nitrogen and oxygen atoms in total. The van der Waals surface area contributed by atoms with E-state index >= 15 is 0 Å². The van der Waals surface area contributed by atoms with Gasteiger partial charge in [0, 0.05) is 5.75 Å². The highest BCUT2D eigenvalue weighted by Crippen LogP contribution is 2.36. The molecule has 2 heterocycles. The monoisotopic (exact) mass is 792 g/mol. The van der Waals surface area contributed by atoms with E-state index in [0.717, 1.165) is 27.8 Å². The summed E-state index contributed by atoms with van der Waals surface area (Å²) in [4.78, 5) is 0. The number of aliphatic hydroxyl groups excluding tert-OH is 1. The summed E-state index contributed by atoms with van der Waals surface area (Å²) in [6.07, 6.45) is -4.97. The molecule has 0 radical (unpaired) electrons. The van der Waals surface area contributed by atoms with Crippen LogP contribution in [0.5, 0.6) is 0 Å². The number of hydrogen-bond acceptors (Lipinski definition) is 10. The molecule has 5 aromatic rings. The van der Waals surface area contributed by atoms with Gasteiger partial charge in [-0.25, -0.2) is 0 Å². The van der Waals surface area contributed by atoms with Crippen LogP contribution in [0.15, 0.2) is 152 Å². The molecular weight excluding hydrogens is 741 g/mol. The van der Waals surface area contributed by atoms with Crippen molar-refractivity contribution in [2.24, 2.45) is 0 Å². The second-order valence-corrected chi connectivity index (χ2v) is 15.1. The summed E-state index contributed by atoms with van der Waals surface area (Å²) in [5.41, 5.74) is 4.99. The highest BCUT2D eigenvalue weighted by molar-refractivity contribution is 7.98. The fraction of sp³-hybridized carbons (Fsp3) is 0.362. The molecule has 0 unspecified atom stereocenters. The van der Waals surface area contributed by atoms with E-state index in [2.05, 4.69) is 0 Å². The van der Waals surface area contributed by atoms with Gasteiger partial charge in [0.05, 0.1) is 45.7 Å². The van der Waals surface area contributed by atoms with Crippen LogP contribution in [0.1, 0.15) is 27.8 Å². The van der Waals surface area contributed by atoms with Crippen molar-refractivity contribution < 1.29 is 43.0 Å². The van der Waals surface area contributed by atoms with Crippen molar-refractivity contribution in [3.8, 4) is 0 Å². The number of benzene rings is 5. The van der Waals surface area contributed by atoms with Crippen molar-refractivity contribution in [2.45, 2.75) is 88.3 Å². The van der Waals surface area contributed by atoms with E-state index in [1.807, 2.05) is 158 Å². The first-order valence-electron chi connectivity index (χ1n) is 19.5. The summed E-state index contributed by atoms with van der Waals surface area (Å²) < 4.78 is 53.1. The topological polar surface area (TPSA) is 94.1 Å². The van der Waals surface area contributed by atoms with Crippen LogP contribution in [0.2, 0.25) is 0 Å². The summed E-state index contributed by atoms with van der Waals surface area (Å²) in [7, 11) is 0. The van der Waals surface area contributed by atoms with Gasteiger partial charge in [-0.15, -0.1) is 0 Å². The molecule has 2 saturated heterocycles. The van der Waals surface area contributed by atoms with Gasteiger partial charge in [0.1, 0.15) is 36.6 Å². The molecule has 2 aliphatic rings. The Kier molecular flexibility index (Phi) is 15.7.